The number of para-hydroxylation sites is 1. The van der Waals surface area contributed by atoms with Crippen molar-refractivity contribution in [3.05, 3.63) is 41.4 Å². The van der Waals surface area contributed by atoms with Gasteiger partial charge in [-0.3, -0.25) is 16.2 Å². The molecule has 0 radical (unpaired) electrons. The minimum Gasteiger partial charge on any atom is -0.297 e. The lowest BCUT2D eigenvalue weighted by Gasteiger charge is -2.14. The van der Waals surface area contributed by atoms with Gasteiger partial charge in [-0.05, 0) is 12.1 Å². The Morgan fingerprint density at radius 1 is 1.25 bits per heavy atom. The van der Waals surface area contributed by atoms with Crippen LogP contribution in [-0.2, 0) is 6.18 Å². The van der Waals surface area contributed by atoms with Crippen molar-refractivity contribution >= 4 is 28.2 Å². The molecule has 20 heavy (non-hydrogen) atoms. The van der Waals surface area contributed by atoms with Crippen molar-refractivity contribution in [2.24, 2.45) is 0 Å². The summed E-state index contributed by atoms with van der Waals surface area (Å²) in [6, 6.07) is 4.12. The van der Waals surface area contributed by atoms with Crippen LogP contribution in [0.1, 0.15) is 5.56 Å². The molecule has 0 aliphatic rings. The number of amides is 2. The standard InChI is InChI=1S/C11H9F3N4OS/c12-11(13,14)7-3-1-2-4-8(7)17-18-9(19)16-10-15-5-6-20-10/h1-6,17H,(H2,15,16,18,19). The minimum absolute atomic E-state index is 0.241. The fraction of sp³-hybridized carbons (Fsp3) is 0.0909. The molecule has 1 heterocycles. The number of benzene rings is 1. The Balaban J connectivity index is 1.99. The molecule has 0 aliphatic carbocycles. The molecule has 1 aromatic heterocycles. The molecule has 1 aromatic carbocycles. The van der Waals surface area contributed by atoms with Gasteiger partial charge in [0.25, 0.3) is 0 Å². The van der Waals surface area contributed by atoms with E-state index in [4.69, 9.17) is 0 Å². The van der Waals surface area contributed by atoms with Crippen LogP contribution in [0, 0.1) is 0 Å². The predicted octanol–water partition coefficient (Wildman–Crippen LogP) is 3.31. The van der Waals surface area contributed by atoms with Gasteiger partial charge >= 0.3 is 12.2 Å². The maximum absolute atomic E-state index is 12.7. The monoisotopic (exact) mass is 302 g/mol. The molecule has 9 heteroatoms. The highest BCUT2D eigenvalue weighted by Gasteiger charge is 2.33. The van der Waals surface area contributed by atoms with Crippen LogP contribution in [-0.4, -0.2) is 11.0 Å². The molecule has 2 rings (SSSR count). The quantitative estimate of drug-likeness (QED) is 0.762. The van der Waals surface area contributed by atoms with Gasteiger partial charge in [-0.25, -0.2) is 9.78 Å². The molecule has 0 fully saturated rings. The first-order valence-electron chi connectivity index (χ1n) is 5.35. The van der Waals surface area contributed by atoms with Crippen molar-refractivity contribution in [3.63, 3.8) is 0 Å². The maximum Gasteiger partial charge on any atom is 0.418 e. The first-order valence-corrected chi connectivity index (χ1v) is 6.23. The van der Waals surface area contributed by atoms with E-state index in [9.17, 15) is 18.0 Å². The highest BCUT2D eigenvalue weighted by molar-refractivity contribution is 7.13. The average molecular weight is 302 g/mol. The summed E-state index contributed by atoms with van der Waals surface area (Å²) >= 11 is 1.19. The summed E-state index contributed by atoms with van der Waals surface area (Å²) in [6.07, 6.45) is -3.01. The number of alkyl halides is 3. The van der Waals surface area contributed by atoms with Gasteiger partial charge in [0.1, 0.15) is 0 Å². The topological polar surface area (TPSA) is 66.1 Å². The number of thiazole rings is 1. The summed E-state index contributed by atoms with van der Waals surface area (Å²) in [5.74, 6) is 0. The van der Waals surface area contributed by atoms with Crippen LogP contribution in [0.5, 0.6) is 0 Å². The van der Waals surface area contributed by atoms with Crippen LogP contribution in [0.15, 0.2) is 35.8 Å². The Kier molecular flexibility index (Phi) is 4.08. The van der Waals surface area contributed by atoms with E-state index in [2.05, 4.69) is 21.2 Å². The van der Waals surface area contributed by atoms with Crippen LogP contribution in [0.3, 0.4) is 0 Å². The zero-order valence-corrected chi connectivity index (χ0v) is 10.7. The number of nitrogens with one attached hydrogen (secondary N) is 3. The van der Waals surface area contributed by atoms with Crippen molar-refractivity contribution in [2.45, 2.75) is 6.18 Å². The predicted molar refractivity (Wildman–Crippen MR) is 69.3 cm³/mol. The second-order valence-electron chi connectivity index (χ2n) is 3.58. The lowest BCUT2D eigenvalue weighted by Crippen LogP contribution is -2.34. The van der Waals surface area contributed by atoms with Crippen molar-refractivity contribution in [3.8, 4) is 0 Å². The van der Waals surface area contributed by atoms with E-state index in [1.807, 2.05) is 0 Å². The Labute approximate surface area is 115 Å². The summed E-state index contributed by atoms with van der Waals surface area (Å²) in [5, 5.41) is 4.36. The Morgan fingerprint density at radius 3 is 2.65 bits per heavy atom. The maximum atomic E-state index is 12.7. The van der Waals surface area contributed by atoms with E-state index in [0.29, 0.717) is 5.13 Å². The van der Waals surface area contributed by atoms with Gasteiger partial charge in [0.15, 0.2) is 5.13 Å². The molecule has 0 atom stereocenters. The van der Waals surface area contributed by atoms with E-state index in [-0.39, 0.29) is 5.69 Å². The third kappa shape index (κ3) is 3.60. The van der Waals surface area contributed by atoms with E-state index in [1.165, 1.54) is 35.7 Å². The number of hydrogen-bond acceptors (Lipinski definition) is 4. The summed E-state index contributed by atoms with van der Waals surface area (Å²) in [5.41, 5.74) is 3.24. The lowest BCUT2D eigenvalue weighted by molar-refractivity contribution is -0.137. The van der Waals surface area contributed by atoms with Crippen molar-refractivity contribution < 1.29 is 18.0 Å². The van der Waals surface area contributed by atoms with Crippen molar-refractivity contribution in [2.75, 3.05) is 10.7 Å². The van der Waals surface area contributed by atoms with Crippen LogP contribution in [0.4, 0.5) is 28.8 Å². The van der Waals surface area contributed by atoms with Gasteiger partial charge in [-0.15, -0.1) is 11.3 Å². The number of carbonyl (C=O) groups is 1. The van der Waals surface area contributed by atoms with Crippen LogP contribution < -0.4 is 16.2 Å². The molecule has 2 amide bonds. The zero-order chi connectivity index (χ0) is 14.6. The number of anilines is 2. The number of rotatable bonds is 3. The zero-order valence-electron chi connectivity index (χ0n) is 9.86. The van der Waals surface area contributed by atoms with Crippen molar-refractivity contribution in [1.29, 1.82) is 0 Å². The highest BCUT2D eigenvalue weighted by atomic mass is 32.1. The Morgan fingerprint density at radius 2 is 2.00 bits per heavy atom. The number of aromatic nitrogens is 1. The summed E-state index contributed by atoms with van der Waals surface area (Å²) in [7, 11) is 0. The number of hydrazine groups is 1. The Hall–Kier alpha value is -2.29. The summed E-state index contributed by atoms with van der Waals surface area (Å²) in [4.78, 5) is 15.3. The molecule has 2 aromatic rings. The average Bonchev–Trinajstić information content (AvgIpc) is 2.88. The molecular weight excluding hydrogens is 293 g/mol. The number of nitrogens with zero attached hydrogens (tertiary/aromatic N) is 1. The normalized spacial score (nSPS) is 10.9. The number of halogens is 3. The third-order valence-corrected chi connectivity index (χ3v) is 2.88. The van der Waals surface area contributed by atoms with Gasteiger partial charge < -0.3 is 0 Å². The second kappa shape index (κ2) is 5.78. The highest BCUT2D eigenvalue weighted by Crippen LogP contribution is 2.34. The van der Waals surface area contributed by atoms with Gasteiger partial charge in [-0.1, -0.05) is 12.1 Å². The van der Waals surface area contributed by atoms with E-state index in [1.54, 1.807) is 5.38 Å². The Bertz CT molecular complexity index is 586. The number of hydrogen-bond donors (Lipinski definition) is 3. The SMILES string of the molecule is O=C(NNc1ccccc1C(F)(F)F)Nc1nccs1. The summed E-state index contributed by atoms with van der Waals surface area (Å²) < 4.78 is 38.1. The van der Waals surface area contributed by atoms with Crippen molar-refractivity contribution in [1.82, 2.24) is 10.4 Å². The molecule has 3 N–H and O–H groups in total. The van der Waals surface area contributed by atoms with Crippen LogP contribution in [0.2, 0.25) is 0 Å². The van der Waals surface area contributed by atoms with Gasteiger partial charge in [0.05, 0.1) is 11.3 Å². The van der Waals surface area contributed by atoms with E-state index < -0.39 is 17.8 Å². The lowest BCUT2D eigenvalue weighted by atomic mass is 10.2. The third-order valence-electron chi connectivity index (χ3n) is 2.20. The summed E-state index contributed by atoms with van der Waals surface area (Å²) in [6.45, 7) is 0. The fourth-order valence-corrected chi connectivity index (χ4v) is 1.90. The first-order chi connectivity index (χ1) is 9.47. The first kappa shape index (κ1) is 14.1. The molecule has 0 saturated heterocycles. The molecule has 0 aliphatic heterocycles. The van der Waals surface area contributed by atoms with E-state index >= 15 is 0 Å². The molecule has 0 spiro atoms. The molecule has 5 nitrogen and oxygen atoms in total. The van der Waals surface area contributed by atoms with Crippen LogP contribution in [0.25, 0.3) is 0 Å². The largest absolute Gasteiger partial charge is 0.418 e. The second-order valence-corrected chi connectivity index (χ2v) is 4.48. The van der Waals surface area contributed by atoms with Gasteiger partial charge in [-0.2, -0.15) is 13.2 Å². The number of carbonyl (C=O) groups excluding carboxylic acids is 1. The fourth-order valence-electron chi connectivity index (χ4n) is 1.38. The molecule has 0 bridgehead atoms. The van der Waals surface area contributed by atoms with Gasteiger partial charge in [0.2, 0.25) is 0 Å². The molecule has 106 valence electrons. The smallest absolute Gasteiger partial charge is 0.297 e. The molecule has 0 saturated carbocycles. The number of urea groups is 1. The minimum atomic E-state index is -4.50. The molecular formula is C11H9F3N4OS. The van der Waals surface area contributed by atoms with Gasteiger partial charge in [0, 0.05) is 11.6 Å². The molecule has 0 unspecified atom stereocenters. The van der Waals surface area contributed by atoms with E-state index in [0.717, 1.165) is 6.07 Å². The van der Waals surface area contributed by atoms with Crippen LogP contribution >= 0.6 is 11.3 Å².